The number of thioether (sulfide) groups is 2. The third kappa shape index (κ3) is 24.3. The van der Waals surface area contributed by atoms with Gasteiger partial charge in [-0.25, -0.2) is 110 Å². The summed E-state index contributed by atoms with van der Waals surface area (Å²) in [7, 11) is 0. The highest BCUT2D eigenvalue weighted by atomic mass is 79.9. The van der Waals surface area contributed by atoms with Crippen molar-refractivity contribution < 1.29 is 36.6 Å². The number of carbonyl (C=O) groups excluding carboxylic acids is 2. The first-order valence-electron chi connectivity index (χ1n) is 42.3. The van der Waals surface area contributed by atoms with Gasteiger partial charge in [0.1, 0.15) is 60.6 Å². The van der Waals surface area contributed by atoms with Crippen molar-refractivity contribution in [2.45, 2.75) is 182 Å². The zero-order valence-corrected chi connectivity index (χ0v) is 81.2. The Morgan fingerprint density at radius 3 is 1.23 bits per heavy atom. The molecule has 43 heteroatoms. The minimum Gasteiger partial charge on any atom is -0.444 e. The van der Waals surface area contributed by atoms with Crippen LogP contribution in [0.2, 0.25) is 0 Å². The number of ether oxygens (including phenoxy) is 2. The molecule has 18 rings (SSSR count). The second-order valence-corrected chi connectivity index (χ2v) is 36.3. The number of amides is 2. The molecule has 15 aromatic rings. The van der Waals surface area contributed by atoms with Crippen molar-refractivity contribution in [3.05, 3.63) is 255 Å². The highest BCUT2D eigenvalue weighted by Gasteiger charge is 2.30. The molecule has 0 spiro atoms. The Labute approximate surface area is 796 Å². The van der Waals surface area contributed by atoms with Crippen LogP contribution in [-0.2, 0) is 48.4 Å². The van der Waals surface area contributed by atoms with E-state index < -0.39 is 28.7 Å². The van der Waals surface area contributed by atoms with Gasteiger partial charge in [-0.3, -0.25) is 24.3 Å². The molecule has 0 atom stereocenters. The Morgan fingerprint density at radius 2 is 0.836 bits per heavy atom. The van der Waals surface area contributed by atoms with E-state index in [2.05, 4.69) is 109 Å². The molecule has 6 N–H and O–H groups in total. The maximum atomic E-state index is 13.5. The number of hydrogen-bond donors (Lipinski definition) is 5. The summed E-state index contributed by atoms with van der Waals surface area (Å²) in [5.41, 5.74) is 15.5. The Bertz CT molecular complexity index is 6940. The van der Waals surface area contributed by atoms with Crippen LogP contribution >= 0.6 is 64.3 Å². The highest BCUT2D eigenvalue weighted by molar-refractivity contribution is 9.10. The predicted octanol–water partition coefficient (Wildman–Crippen LogP) is 17.1. The Morgan fingerprint density at radius 1 is 0.448 bits per heavy atom. The van der Waals surface area contributed by atoms with Gasteiger partial charge in [0.15, 0.2) is 50.4 Å². The topological polar surface area (TPSA) is 394 Å². The van der Waals surface area contributed by atoms with Crippen molar-refractivity contribution in [2.24, 2.45) is 0 Å². The largest absolute Gasteiger partial charge is 0.444 e. The van der Waals surface area contributed by atoms with Crippen molar-refractivity contribution >= 4 is 150 Å². The first-order chi connectivity index (χ1) is 62.8. The quantitative estimate of drug-likeness (QED) is 0.0235. The van der Waals surface area contributed by atoms with Crippen LogP contribution in [-0.4, -0.2) is 163 Å². The van der Waals surface area contributed by atoms with Gasteiger partial charge in [-0.2, -0.15) is 9.97 Å². The number of nitrogens with zero attached hydrogens (tertiary/aromatic N) is 21. The van der Waals surface area contributed by atoms with Crippen molar-refractivity contribution in [3.8, 4) is 17.5 Å². The van der Waals surface area contributed by atoms with Crippen LogP contribution < -0.4 is 43.9 Å². The summed E-state index contributed by atoms with van der Waals surface area (Å²) in [6.45, 7) is 30.6. The van der Waals surface area contributed by atoms with Crippen LogP contribution in [0, 0.1) is 23.3 Å². The van der Waals surface area contributed by atoms with Gasteiger partial charge in [0.2, 0.25) is 11.9 Å². The van der Waals surface area contributed by atoms with Crippen LogP contribution in [0.5, 0.6) is 0 Å². The minimum atomic E-state index is -0.542. The molecular weight excluding hydrogens is 1880 g/mol. The molecule has 0 unspecified atom stereocenters. The Balaban J connectivity index is 0.000000162. The summed E-state index contributed by atoms with van der Waals surface area (Å²) in [5.74, 6) is 0.242. The summed E-state index contributed by atoms with van der Waals surface area (Å²) in [5, 5.41) is 15.7. The van der Waals surface area contributed by atoms with Crippen molar-refractivity contribution in [2.75, 3.05) is 48.5 Å². The van der Waals surface area contributed by atoms with Gasteiger partial charge in [0.25, 0.3) is 22.2 Å². The van der Waals surface area contributed by atoms with Crippen LogP contribution in [0.4, 0.5) is 56.1 Å². The monoisotopic (exact) mass is 1980 g/mol. The molecule has 0 aliphatic carbocycles. The number of nitrogen functional groups attached to an aromatic ring is 1. The number of anilines is 5. The molecule has 15 heterocycles. The number of aromatic amines is 1. The van der Waals surface area contributed by atoms with Gasteiger partial charge in [-0.1, -0.05) is 41.7 Å². The van der Waals surface area contributed by atoms with Crippen LogP contribution in [0.3, 0.4) is 0 Å². The second kappa shape index (κ2) is 43.8. The van der Waals surface area contributed by atoms with E-state index in [1.165, 1.54) is 106 Å². The first-order valence-corrected chi connectivity index (χ1v) is 45.6. The molecule has 0 radical (unpaired) electrons. The number of rotatable bonds is 13. The highest BCUT2D eigenvalue weighted by Crippen LogP contribution is 2.31. The molecular formula is C91H103BrCl2F4N26O8S2. The van der Waals surface area contributed by atoms with Gasteiger partial charge >= 0.3 is 12.2 Å². The van der Waals surface area contributed by atoms with E-state index in [4.69, 9.17) is 15.2 Å². The van der Waals surface area contributed by atoms with Crippen molar-refractivity contribution in [1.29, 1.82) is 0 Å². The summed E-state index contributed by atoms with van der Waals surface area (Å²) in [4.78, 5) is 129. The molecule has 3 aromatic carbocycles. The molecule has 2 amide bonds. The lowest BCUT2D eigenvalue weighted by Gasteiger charge is -2.31. The smallest absolute Gasteiger partial charge is 0.410 e. The lowest BCUT2D eigenvalue weighted by atomic mass is 9.99. The minimum absolute atomic E-state index is 0. The molecule has 34 nitrogen and oxygen atoms in total. The van der Waals surface area contributed by atoms with Gasteiger partial charge in [0.05, 0.1) is 24.8 Å². The number of nitrogens with two attached hydrogens (primary N) is 1. The Hall–Kier alpha value is -13.0. The van der Waals surface area contributed by atoms with Crippen molar-refractivity contribution in [1.82, 2.24) is 113 Å². The molecule has 12 aromatic heterocycles. The van der Waals surface area contributed by atoms with E-state index in [9.17, 15) is 46.3 Å². The lowest BCUT2D eigenvalue weighted by Crippen LogP contribution is -2.39. The van der Waals surface area contributed by atoms with E-state index >= 15 is 0 Å². The van der Waals surface area contributed by atoms with Crippen molar-refractivity contribution in [3.63, 3.8) is 0 Å². The zero-order valence-electron chi connectivity index (χ0n) is 76.4. The molecule has 0 fully saturated rings. The molecule has 3 aliphatic heterocycles. The molecule has 0 saturated heterocycles. The summed E-state index contributed by atoms with van der Waals surface area (Å²) in [6, 6.07) is 28.9. The van der Waals surface area contributed by atoms with Gasteiger partial charge in [-0.15, -0.1) is 24.8 Å². The SMILES string of the molecule is CC(C)(C)OC(=O)N1CCc2cc(N)ccc2C1.CC(C)n1c(=O)c2cnc(Nc3ccc4c(c3)CCN(C(=O)OC(C)(C)C)C4)nc2n1-c1ccc(F)cn1.CC(C)n1c(=O)c2cnc(Nc3ccc4c(c3)CCNC4)nc2n1-c1ccc(F)cn1.CSc1ncc2c(=O)n(C(C)C)[nH]c2n1.CSc1ncc2c(=O)n(C(C)C)n(-c3ccc(F)cn3)c2n1.Cl.Cl.Fc1ccc(Br)nc1. The number of H-pyrrole nitrogens is 1. The van der Waals surface area contributed by atoms with Crippen LogP contribution in [0.25, 0.3) is 61.6 Å². The third-order valence-electron chi connectivity index (χ3n) is 20.5. The summed E-state index contributed by atoms with van der Waals surface area (Å²) in [6.07, 6.45) is 16.3. The third-order valence-corrected chi connectivity index (χ3v) is 22.1. The number of nitrogens with one attached hydrogen (secondary N) is 4. The molecule has 0 bridgehead atoms. The number of carbonyl (C=O) groups is 2. The zero-order chi connectivity index (χ0) is 94.9. The van der Waals surface area contributed by atoms with Gasteiger partial charge in [0, 0.05) is 98.7 Å². The fourth-order valence-corrected chi connectivity index (χ4v) is 15.4. The Kier molecular flexibility index (Phi) is 33.2. The molecule has 0 saturated carbocycles. The number of hydrogen-bond acceptors (Lipinski definition) is 26. The normalized spacial score (nSPS) is 12.8. The number of pyridine rings is 4. The molecule has 3 aliphatic rings. The maximum Gasteiger partial charge on any atom is 0.410 e. The standard InChI is InChI=1S/C27H30FN7O3.C22H22FN7O.C14H14FN5OS.C14H20N2O2.C9H12N4OS.C5H3BrFN.2ClH/c1-16(2)34-24(36)21-14-30-25(32-23(21)35(34)22-9-7-19(28)13-29-22)31-20-8-6-18-15-33(11-10-17(18)12-20)26(37)38-27(3,4)5;1-13(2)29-21(31)18-12-26-22(27-17-5-3-15-10-24-8-7-14(15)9-17)28-20(18)30(29)19-6-4-16(23)11-25-19;1-8(2)19-13(21)10-7-17-14(22-3)18-12(10)20(19)11-5-4-9(15)6-16-11;1-14(2,3)18-13(17)16-7-6-10-8-12(15)5-4-11(10)9-16;1-5(2)13-8(14)6-4-10-9(15-3)11-7(6)12-13;6-5-2-1-4(7)3-8-5;;/h6-9,12-14,16H,10-11,15H2,1-5H3,(H,30,31,32);3-6,9,11-13,24H,7-8,10H2,1-2H3,(H,26,27,28);4-8H,1-3H3;4-5,8H,6-7,9,15H2,1-3H3;4-5H,1-3H3,(H,10,11,12);1-3H;2*1H. The van der Waals surface area contributed by atoms with Gasteiger partial charge < -0.3 is 41.0 Å². The first kappa shape index (κ1) is 102. The van der Waals surface area contributed by atoms with Crippen LogP contribution in [0.1, 0.15) is 154 Å². The van der Waals surface area contributed by atoms with E-state index in [1.54, 1.807) is 50.2 Å². The van der Waals surface area contributed by atoms with E-state index in [0.29, 0.717) is 121 Å². The maximum absolute atomic E-state index is 13.5. The number of fused-ring (bicyclic) bond motifs is 7. The molecule has 706 valence electrons. The lowest BCUT2D eigenvalue weighted by molar-refractivity contribution is 0.0214. The van der Waals surface area contributed by atoms with E-state index in [1.807, 2.05) is 152 Å². The van der Waals surface area contributed by atoms with Gasteiger partial charge in [-0.05, 0) is 269 Å². The second-order valence-electron chi connectivity index (χ2n) is 33.9. The van der Waals surface area contributed by atoms with Crippen LogP contribution in [0.15, 0.2) is 187 Å². The average Bonchev–Trinajstić information content (AvgIpc) is 1.61. The summed E-state index contributed by atoms with van der Waals surface area (Å²) >= 11 is 5.91. The number of aromatic nitrogens is 20. The van der Waals surface area contributed by atoms with E-state index in [-0.39, 0.29) is 89.2 Å². The number of halogens is 7. The predicted molar refractivity (Wildman–Crippen MR) is 519 cm³/mol. The fourth-order valence-electron chi connectivity index (χ4n) is 14.4. The average molecular weight is 1980 g/mol. The summed E-state index contributed by atoms with van der Waals surface area (Å²) < 4.78 is 74.6. The number of benzene rings is 3. The fraction of sp³-hybridized carbons (Fsp3) is 0.341. The van der Waals surface area contributed by atoms with E-state index in [0.717, 1.165) is 84.5 Å². The molecule has 134 heavy (non-hydrogen) atoms.